The minimum absolute atomic E-state index is 0.0480. The molecule has 4 unspecified atom stereocenters. The van der Waals surface area contributed by atoms with Crippen LogP contribution in [0, 0.1) is 30.6 Å². The summed E-state index contributed by atoms with van der Waals surface area (Å²) in [6.45, 7) is 5.73. The number of para-hydroxylation sites is 1. The van der Waals surface area contributed by atoms with Crippen molar-refractivity contribution < 1.29 is 9.59 Å². The molecule has 2 aromatic rings. The quantitative estimate of drug-likeness (QED) is 0.608. The summed E-state index contributed by atoms with van der Waals surface area (Å²) in [5.74, 6) is -1.03. The van der Waals surface area contributed by atoms with Crippen LogP contribution in [0.2, 0.25) is 0 Å². The summed E-state index contributed by atoms with van der Waals surface area (Å²) in [5, 5.41) is 0. The molecule has 1 saturated carbocycles. The van der Waals surface area contributed by atoms with Crippen LogP contribution in [-0.2, 0) is 16.6 Å². The monoisotopic (exact) mass is 379 g/mol. The van der Waals surface area contributed by atoms with Gasteiger partial charge in [0.05, 0.1) is 23.2 Å². The van der Waals surface area contributed by atoms with Crippen LogP contribution in [-0.4, -0.2) is 21.2 Å². The van der Waals surface area contributed by atoms with Gasteiger partial charge in [0.15, 0.2) is 0 Å². The smallest absolute Gasteiger partial charge is 0.283 e. The van der Waals surface area contributed by atoms with Gasteiger partial charge in [-0.3, -0.25) is 19.1 Å². The summed E-state index contributed by atoms with van der Waals surface area (Å²) < 4.78 is 3.21. The van der Waals surface area contributed by atoms with E-state index in [1.54, 1.807) is 18.7 Å². The predicted molar refractivity (Wildman–Crippen MR) is 107 cm³/mol. The molecule has 1 aromatic carbocycles. The highest BCUT2D eigenvalue weighted by Gasteiger charge is 2.58. The molecular formula is C22H25N3O3. The van der Waals surface area contributed by atoms with Crippen molar-refractivity contribution in [1.29, 1.82) is 0 Å². The number of hydrogen-bond donors (Lipinski definition) is 0. The fraction of sp³-hybridized carbons (Fsp3) is 0.409. The number of nitrogens with zero attached hydrogens (tertiary/aromatic N) is 3. The zero-order valence-electron chi connectivity index (χ0n) is 16.6. The van der Waals surface area contributed by atoms with Gasteiger partial charge in [0.2, 0.25) is 11.8 Å². The highest BCUT2D eigenvalue weighted by molar-refractivity contribution is 6.22. The van der Waals surface area contributed by atoms with Crippen molar-refractivity contribution in [2.75, 3.05) is 4.90 Å². The summed E-state index contributed by atoms with van der Waals surface area (Å²) in [7, 11) is 1.77. The van der Waals surface area contributed by atoms with Crippen LogP contribution in [0.3, 0.4) is 0 Å². The summed E-state index contributed by atoms with van der Waals surface area (Å²) in [5.41, 5.74) is 1.14. The summed E-state index contributed by atoms with van der Waals surface area (Å²) in [4.78, 5) is 41.0. The molecule has 0 bridgehead atoms. The molecule has 2 aliphatic rings. The average Bonchev–Trinajstić information content (AvgIpc) is 3.21. The van der Waals surface area contributed by atoms with E-state index in [0.29, 0.717) is 11.4 Å². The van der Waals surface area contributed by atoms with E-state index in [-0.39, 0.29) is 46.7 Å². The van der Waals surface area contributed by atoms with Crippen LogP contribution in [0.15, 0.2) is 47.3 Å². The number of hydrogen-bond acceptors (Lipinski definition) is 3. The lowest BCUT2D eigenvalue weighted by Crippen LogP contribution is -2.37. The molecule has 1 aromatic heterocycles. The standard InChI is InChI=1S/C22H25N3O3/c1-5-9-15-12-13(2)17-18(15)21(27)24(20(17)26)19-14(3)23(4)25(22(19)28)16-10-7-6-8-11-16/h5-11,13,15,17-18H,12H2,1-4H3/b9-5-. The first-order chi connectivity index (χ1) is 13.4. The molecule has 1 aliphatic carbocycles. The zero-order valence-corrected chi connectivity index (χ0v) is 16.6. The molecule has 6 nitrogen and oxygen atoms in total. The van der Waals surface area contributed by atoms with E-state index in [2.05, 4.69) is 0 Å². The van der Waals surface area contributed by atoms with Crippen molar-refractivity contribution in [2.24, 2.45) is 30.7 Å². The van der Waals surface area contributed by atoms with Gasteiger partial charge < -0.3 is 0 Å². The van der Waals surface area contributed by atoms with Crippen LogP contribution >= 0.6 is 0 Å². The molecule has 0 N–H and O–H groups in total. The fourth-order valence-electron chi connectivity index (χ4n) is 4.96. The molecule has 2 heterocycles. The fourth-order valence-corrected chi connectivity index (χ4v) is 4.96. The molecule has 1 aliphatic heterocycles. The topological polar surface area (TPSA) is 64.3 Å². The summed E-state index contributed by atoms with van der Waals surface area (Å²) >= 11 is 0. The minimum Gasteiger partial charge on any atom is -0.283 e. The van der Waals surface area contributed by atoms with Gasteiger partial charge >= 0.3 is 0 Å². The normalized spacial score (nSPS) is 27.2. The maximum absolute atomic E-state index is 13.3. The third-order valence-corrected chi connectivity index (χ3v) is 6.30. The van der Waals surface area contributed by atoms with E-state index in [1.165, 1.54) is 9.58 Å². The largest absolute Gasteiger partial charge is 0.296 e. The van der Waals surface area contributed by atoms with Gasteiger partial charge in [0, 0.05) is 7.05 Å². The number of aromatic nitrogens is 2. The van der Waals surface area contributed by atoms with Crippen LogP contribution < -0.4 is 10.5 Å². The molecule has 4 atom stereocenters. The third kappa shape index (κ3) is 2.44. The second-order valence-corrected chi connectivity index (χ2v) is 7.88. The number of rotatable bonds is 3. The van der Waals surface area contributed by atoms with Gasteiger partial charge in [-0.05, 0) is 44.2 Å². The van der Waals surface area contributed by atoms with Crippen LogP contribution in [0.25, 0.3) is 5.69 Å². The Balaban J connectivity index is 1.84. The van der Waals surface area contributed by atoms with Gasteiger partial charge in [-0.25, -0.2) is 9.58 Å². The first-order valence-corrected chi connectivity index (χ1v) is 9.73. The Kier molecular flexibility index (Phi) is 4.37. The number of carbonyl (C=O) groups excluding carboxylic acids is 2. The van der Waals surface area contributed by atoms with Gasteiger partial charge in [0.25, 0.3) is 5.56 Å². The molecule has 1 saturated heterocycles. The van der Waals surface area contributed by atoms with E-state index in [9.17, 15) is 14.4 Å². The van der Waals surface area contributed by atoms with Crippen molar-refractivity contribution in [3.05, 3.63) is 58.5 Å². The Morgan fingerprint density at radius 2 is 1.68 bits per heavy atom. The van der Waals surface area contributed by atoms with E-state index >= 15 is 0 Å². The molecule has 28 heavy (non-hydrogen) atoms. The first kappa shape index (κ1) is 18.5. The van der Waals surface area contributed by atoms with Gasteiger partial charge in [-0.1, -0.05) is 37.3 Å². The van der Waals surface area contributed by atoms with Crippen molar-refractivity contribution in [3.8, 4) is 5.69 Å². The summed E-state index contributed by atoms with van der Waals surface area (Å²) in [6, 6.07) is 9.24. The van der Waals surface area contributed by atoms with Crippen LogP contribution in [0.5, 0.6) is 0 Å². The number of amides is 2. The third-order valence-electron chi connectivity index (χ3n) is 6.30. The van der Waals surface area contributed by atoms with Crippen LogP contribution in [0.4, 0.5) is 5.69 Å². The molecular weight excluding hydrogens is 354 g/mol. The predicted octanol–water partition coefficient (Wildman–Crippen LogP) is 2.82. The lowest BCUT2D eigenvalue weighted by molar-refractivity contribution is -0.123. The molecule has 6 heteroatoms. The molecule has 4 rings (SSSR count). The lowest BCUT2D eigenvalue weighted by atomic mass is 9.90. The Morgan fingerprint density at radius 1 is 1.04 bits per heavy atom. The maximum Gasteiger partial charge on any atom is 0.296 e. The Bertz CT molecular complexity index is 1030. The molecule has 2 amide bonds. The molecule has 0 radical (unpaired) electrons. The lowest BCUT2D eigenvalue weighted by Gasteiger charge is -2.17. The van der Waals surface area contributed by atoms with Crippen molar-refractivity contribution >= 4 is 17.5 Å². The second-order valence-electron chi connectivity index (χ2n) is 7.88. The Hall–Kier alpha value is -2.89. The number of fused-ring (bicyclic) bond motifs is 1. The molecule has 146 valence electrons. The van der Waals surface area contributed by atoms with Crippen molar-refractivity contribution in [3.63, 3.8) is 0 Å². The van der Waals surface area contributed by atoms with E-state index in [4.69, 9.17) is 0 Å². The van der Waals surface area contributed by atoms with Crippen molar-refractivity contribution in [1.82, 2.24) is 9.36 Å². The zero-order chi connectivity index (χ0) is 20.2. The minimum atomic E-state index is -0.372. The molecule has 2 fully saturated rings. The highest BCUT2D eigenvalue weighted by atomic mass is 16.2. The second kappa shape index (κ2) is 6.62. The number of anilines is 1. The van der Waals surface area contributed by atoms with Crippen molar-refractivity contribution in [2.45, 2.75) is 27.2 Å². The van der Waals surface area contributed by atoms with Gasteiger partial charge in [-0.2, -0.15) is 0 Å². The Labute approximate surface area is 164 Å². The number of imide groups is 1. The van der Waals surface area contributed by atoms with E-state index < -0.39 is 0 Å². The average molecular weight is 379 g/mol. The highest BCUT2D eigenvalue weighted by Crippen LogP contribution is 2.49. The number of benzene rings is 1. The number of allylic oxidation sites excluding steroid dienone is 2. The SMILES string of the molecule is C/C=C\C1CC(C)C2C(=O)N(c3c(C)n(C)n(-c4ccccc4)c3=O)C(=O)C12. The number of carbonyl (C=O) groups is 2. The Morgan fingerprint density at radius 3 is 2.32 bits per heavy atom. The van der Waals surface area contributed by atoms with Gasteiger partial charge in [0.1, 0.15) is 5.69 Å². The first-order valence-electron chi connectivity index (χ1n) is 9.73. The van der Waals surface area contributed by atoms with E-state index in [0.717, 1.165) is 6.42 Å². The van der Waals surface area contributed by atoms with Crippen LogP contribution in [0.1, 0.15) is 26.0 Å². The van der Waals surface area contributed by atoms with Gasteiger partial charge in [-0.15, -0.1) is 0 Å². The summed E-state index contributed by atoms with van der Waals surface area (Å²) in [6.07, 6.45) is 4.79. The maximum atomic E-state index is 13.3. The molecule has 0 spiro atoms. The van der Waals surface area contributed by atoms with E-state index in [1.807, 2.05) is 56.3 Å².